The summed E-state index contributed by atoms with van der Waals surface area (Å²) in [7, 11) is 0. The van der Waals surface area contributed by atoms with Gasteiger partial charge in [0.25, 0.3) is 0 Å². The lowest BCUT2D eigenvalue weighted by atomic mass is 9.94. The maximum absolute atomic E-state index is 13.2. The van der Waals surface area contributed by atoms with E-state index in [0.29, 0.717) is 5.75 Å². The van der Waals surface area contributed by atoms with Crippen molar-refractivity contribution in [3.63, 3.8) is 0 Å². The van der Waals surface area contributed by atoms with Crippen LogP contribution in [0.2, 0.25) is 0 Å². The predicted octanol–water partition coefficient (Wildman–Crippen LogP) is 4.64. The molecule has 2 aliphatic rings. The fourth-order valence-corrected chi connectivity index (χ4v) is 3.93. The summed E-state index contributed by atoms with van der Waals surface area (Å²) in [5.41, 5.74) is 11.1. The summed E-state index contributed by atoms with van der Waals surface area (Å²) in [5.74, 6) is 1.45. The highest BCUT2D eigenvalue weighted by atomic mass is 16.7. The van der Waals surface area contributed by atoms with Crippen molar-refractivity contribution in [1.29, 1.82) is 0 Å². The molecular formula is C24H22N2O3. The van der Waals surface area contributed by atoms with Crippen LogP contribution < -0.4 is 20.5 Å². The SMILES string of the molecule is Cc1ccc(NC(=O)C2(c3ccc4c(c3)OCO4)CC2)cc1-c1cccc(N)c1. The van der Waals surface area contributed by atoms with E-state index in [4.69, 9.17) is 15.2 Å². The number of hydrogen-bond donors (Lipinski definition) is 2. The van der Waals surface area contributed by atoms with Crippen molar-refractivity contribution in [2.75, 3.05) is 17.8 Å². The number of amides is 1. The van der Waals surface area contributed by atoms with E-state index in [1.165, 1.54) is 0 Å². The average molecular weight is 386 g/mol. The second-order valence-corrected chi connectivity index (χ2v) is 7.76. The molecule has 1 saturated carbocycles. The van der Waals surface area contributed by atoms with Crippen LogP contribution in [0.1, 0.15) is 24.0 Å². The molecule has 0 saturated heterocycles. The Balaban J connectivity index is 1.42. The fraction of sp³-hybridized carbons (Fsp3) is 0.208. The van der Waals surface area contributed by atoms with Crippen LogP contribution in [-0.2, 0) is 10.2 Å². The Morgan fingerprint density at radius 2 is 1.83 bits per heavy atom. The molecule has 1 amide bonds. The van der Waals surface area contributed by atoms with E-state index in [9.17, 15) is 4.79 Å². The van der Waals surface area contributed by atoms with Crippen molar-refractivity contribution in [2.45, 2.75) is 25.2 Å². The Kier molecular flexibility index (Phi) is 3.98. The molecule has 0 unspecified atom stereocenters. The van der Waals surface area contributed by atoms with Crippen molar-refractivity contribution >= 4 is 17.3 Å². The second-order valence-electron chi connectivity index (χ2n) is 7.76. The van der Waals surface area contributed by atoms with Gasteiger partial charge >= 0.3 is 0 Å². The van der Waals surface area contributed by atoms with Crippen molar-refractivity contribution in [3.8, 4) is 22.6 Å². The molecule has 0 atom stereocenters. The second kappa shape index (κ2) is 6.55. The van der Waals surface area contributed by atoms with Gasteiger partial charge in [-0.3, -0.25) is 4.79 Å². The van der Waals surface area contributed by atoms with Gasteiger partial charge in [-0.1, -0.05) is 24.3 Å². The molecule has 29 heavy (non-hydrogen) atoms. The number of nitrogens with one attached hydrogen (secondary N) is 1. The Hall–Kier alpha value is -3.47. The lowest BCUT2D eigenvalue weighted by Crippen LogP contribution is -2.27. The van der Waals surface area contributed by atoms with Crippen LogP contribution in [0.5, 0.6) is 11.5 Å². The van der Waals surface area contributed by atoms with Gasteiger partial charge in [-0.05, 0) is 78.4 Å². The molecule has 5 nitrogen and oxygen atoms in total. The van der Waals surface area contributed by atoms with Crippen LogP contribution in [0.15, 0.2) is 60.7 Å². The summed E-state index contributed by atoms with van der Waals surface area (Å²) < 4.78 is 10.9. The number of nitrogens with two attached hydrogens (primary N) is 1. The zero-order valence-electron chi connectivity index (χ0n) is 16.2. The number of ether oxygens (including phenoxy) is 2. The molecular weight excluding hydrogens is 364 g/mol. The first-order valence-electron chi connectivity index (χ1n) is 9.73. The molecule has 0 bridgehead atoms. The molecule has 3 aromatic rings. The van der Waals surface area contributed by atoms with E-state index in [1.54, 1.807) is 0 Å². The lowest BCUT2D eigenvalue weighted by molar-refractivity contribution is -0.118. The average Bonchev–Trinajstić information content (AvgIpc) is 3.40. The number of rotatable bonds is 4. The normalized spacial score (nSPS) is 15.8. The number of carbonyl (C=O) groups excluding carboxylic acids is 1. The van der Waals surface area contributed by atoms with Crippen LogP contribution in [0.4, 0.5) is 11.4 Å². The Labute approximate surface area is 169 Å². The summed E-state index contributed by atoms with van der Waals surface area (Å²) in [6.07, 6.45) is 1.65. The van der Waals surface area contributed by atoms with E-state index in [-0.39, 0.29) is 12.7 Å². The van der Waals surface area contributed by atoms with E-state index in [2.05, 4.69) is 12.2 Å². The molecule has 0 radical (unpaired) electrons. The van der Waals surface area contributed by atoms with Gasteiger partial charge in [-0.15, -0.1) is 0 Å². The standard InChI is InChI=1S/C24H22N2O3/c1-15-5-7-19(13-20(15)16-3-2-4-18(25)11-16)26-23(27)24(9-10-24)17-6-8-21-22(12-17)29-14-28-21/h2-8,11-13H,9-10,14,25H2,1H3,(H,26,27). The minimum atomic E-state index is -0.497. The lowest BCUT2D eigenvalue weighted by Gasteiger charge is -2.17. The smallest absolute Gasteiger partial charge is 0.235 e. The van der Waals surface area contributed by atoms with Crippen LogP contribution in [0, 0.1) is 6.92 Å². The minimum absolute atomic E-state index is 0.0127. The van der Waals surface area contributed by atoms with Crippen LogP contribution >= 0.6 is 0 Å². The van der Waals surface area contributed by atoms with Crippen LogP contribution in [0.25, 0.3) is 11.1 Å². The van der Waals surface area contributed by atoms with Crippen molar-refractivity contribution in [1.82, 2.24) is 0 Å². The zero-order valence-corrected chi connectivity index (χ0v) is 16.2. The van der Waals surface area contributed by atoms with E-state index < -0.39 is 5.41 Å². The van der Waals surface area contributed by atoms with Gasteiger partial charge < -0.3 is 20.5 Å². The quantitative estimate of drug-likeness (QED) is 0.641. The highest BCUT2D eigenvalue weighted by molar-refractivity contribution is 6.02. The molecule has 146 valence electrons. The number of nitrogen functional groups attached to an aromatic ring is 1. The van der Waals surface area contributed by atoms with Crippen molar-refractivity contribution in [2.24, 2.45) is 0 Å². The summed E-state index contributed by atoms with van der Waals surface area (Å²) in [5, 5.41) is 3.12. The predicted molar refractivity (Wildman–Crippen MR) is 113 cm³/mol. The molecule has 1 heterocycles. The number of carbonyl (C=O) groups is 1. The summed E-state index contributed by atoms with van der Waals surface area (Å²) in [6.45, 7) is 2.28. The van der Waals surface area contributed by atoms with Gasteiger partial charge in [-0.25, -0.2) is 0 Å². The molecule has 5 rings (SSSR count). The van der Waals surface area contributed by atoms with Crippen molar-refractivity contribution in [3.05, 3.63) is 71.8 Å². The third-order valence-corrected chi connectivity index (χ3v) is 5.80. The van der Waals surface area contributed by atoms with Crippen molar-refractivity contribution < 1.29 is 14.3 Å². The molecule has 3 N–H and O–H groups in total. The molecule has 5 heteroatoms. The van der Waals surface area contributed by atoms with Gasteiger partial charge in [-0.2, -0.15) is 0 Å². The minimum Gasteiger partial charge on any atom is -0.454 e. The number of hydrogen-bond acceptors (Lipinski definition) is 4. The number of anilines is 2. The number of aryl methyl sites for hydroxylation is 1. The van der Waals surface area contributed by atoms with Gasteiger partial charge in [0.15, 0.2) is 11.5 Å². The van der Waals surface area contributed by atoms with Crippen LogP contribution in [-0.4, -0.2) is 12.7 Å². The van der Waals surface area contributed by atoms with E-state index >= 15 is 0 Å². The maximum atomic E-state index is 13.2. The first-order chi connectivity index (χ1) is 14.0. The van der Waals surface area contributed by atoms with Gasteiger partial charge in [0.2, 0.25) is 12.7 Å². The molecule has 1 aliphatic carbocycles. The van der Waals surface area contributed by atoms with E-state index in [1.807, 2.05) is 60.7 Å². The van der Waals surface area contributed by atoms with Gasteiger partial charge in [0, 0.05) is 11.4 Å². The first kappa shape index (κ1) is 17.6. The van der Waals surface area contributed by atoms with Crippen LogP contribution in [0.3, 0.4) is 0 Å². The molecule has 0 spiro atoms. The maximum Gasteiger partial charge on any atom is 0.235 e. The summed E-state index contributed by atoms with van der Waals surface area (Å²) in [4.78, 5) is 13.2. The monoisotopic (exact) mass is 386 g/mol. The Bertz CT molecular complexity index is 1120. The molecule has 3 aromatic carbocycles. The zero-order chi connectivity index (χ0) is 20.0. The Morgan fingerprint density at radius 3 is 2.62 bits per heavy atom. The van der Waals surface area contributed by atoms with Gasteiger partial charge in [0.1, 0.15) is 0 Å². The molecule has 1 aliphatic heterocycles. The number of benzene rings is 3. The number of fused-ring (bicyclic) bond motifs is 1. The Morgan fingerprint density at radius 1 is 1.00 bits per heavy atom. The fourth-order valence-electron chi connectivity index (χ4n) is 3.93. The summed E-state index contributed by atoms with van der Waals surface area (Å²) >= 11 is 0. The molecule has 0 aromatic heterocycles. The summed E-state index contributed by atoms with van der Waals surface area (Å²) in [6, 6.07) is 19.5. The topological polar surface area (TPSA) is 73.6 Å². The highest BCUT2D eigenvalue weighted by Crippen LogP contribution is 2.51. The van der Waals surface area contributed by atoms with E-state index in [0.717, 1.165) is 52.2 Å². The third kappa shape index (κ3) is 3.09. The largest absolute Gasteiger partial charge is 0.454 e. The third-order valence-electron chi connectivity index (χ3n) is 5.80. The van der Waals surface area contributed by atoms with Gasteiger partial charge in [0.05, 0.1) is 5.41 Å². The highest BCUT2D eigenvalue weighted by Gasteiger charge is 2.51. The first-order valence-corrected chi connectivity index (χ1v) is 9.73. The molecule has 1 fully saturated rings.